The molecule has 0 saturated heterocycles. The number of carbonyl (C=O) groups is 1. The highest BCUT2D eigenvalue weighted by Gasteiger charge is 2.45. The van der Waals surface area contributed by atoms with Crippen molar-refractivity contribution < 1.29 is 14.2 Å². The number of hydrogen-bond donors (Lipinski definition) is 1. The average Bonchev–Trinajstić information content (AvgIpc) is 2.91. The lowest BCUT2D eigenvalue weighted by Crippen LogP contribution is -2.60. The molecule has 8 heteroatoms. The molecule has 1 aliphatic rings. The van der Waals surface area contributed by atoms with Crippen LogP contribution in [0.4, 0.5) is 5.69 Å². The Balaban J connectivity index is 1.65. The lowest BCUT2D eigenvalue weighted by Gasteiger charge is -2.32. The van der Waals surface area contributed by atoms with Crippen molar-refractivity contribution in [1.82, 2.24) is 10.1 Å². The lowest BCUT2D eigenvalue weighted by atomic mass is 10.0. The summed E-state index contributed by atoms with van der Waals surface area (Å²) in [4.78, 5) is 31.1. The number of thioether (sulfide) groups is 1. The van der Waals surface area contributed by atoms with Gasteiger partial charge in [-0.25, -0.2) is 4.90 Å². The van der Waals surface area contributed by atoms with Crippen LogP contribution >= 0.6 is 11.8 Å². The number of nitrogens with zero attached hydrogens (tertiary/aromatic N) is 3. The number of ether oxygens (including phenoxy) is 1. The molecule has 1 amide bonds. The number of anilines is 1. The second kappa shape index (κ2) is 9.76. The lowest BCUT2D eigenvalue weighted by molar-refractivity contribution is -0.763. The third kappa shape index (κ3) is 4.33. The molecular formula is C27H25N4O3S+. The molecule has 0 spiro atoms. The summed E-state index contributed by atoms with van der Waals surface area (Å²) < 4.78 is 7.73. The fourth-order valence-electron chi connectivity index (χ4n) is 4.31. The predicted octanol–water partition coefficient (Wildman–Crippen LogP) is 4.33. The zero-order valence-electron chi connectivity index (χ0n) is 19.5. The van der Waals surface area contributed by atoms with Crippen LogP contribution in [-0.4, -0.2) is 22.2 Å². The van der Waals surface area contributed by atoms with Gasteiger partial charge in [-0.3, -0.25) is 14.6 Å². The van der Waals surface area contributed by atoms with Gasteiger partial charge in [-0.2, -0.15) is 0 Å². The number of hydrogen-bond acceptors (Lipinski definition) is 5. The number of aromatic nitrogens is 3. The summed E-state index contributed by atoms with van der Waals surface area (Å²) in [5.74, 6) is 0.607. The molecule has 35 heavy (non-hydrogen) atoms. The number of fused-ring (bicyclic) bond motifs is 3. The molecule has 1 atom stereocenters. The van der Waals surface area contributed by atoms with Gasteiger partial charge in [-0.15, -0.1) is 0 Å². The number of benzene rings is 3. The highest BCUT2D eigenvalue weighted by atomic mass is 32.2. The first kappa shape index (κ1) is 22.9. The molecule has 0 aliphatic carbocycles. The van der Waals surface area contributed by atoms with Gasteiger partial charge in [0.1, 0.15) is 12.4 Å². The third-order valence-electron chi connectivity index (χ3n) is 5.93. The van der Waals surface area contributed by atoms with Gasteiger partial charge in [0.15, 0.2) is 0 Å². The van der Waals surface area contributed by atoms with Crippen LogP contribution in [0.2, 0.25) is 0 Å². The van der Waals surface area contributed by atoms with Crippen LogP contribution in [0.5, 0.6) is 5.75 Å². The average molecular weight is 486 g/mol. The third-order valence-corrected chi connectivity index (χ3v) is 6.50. The molecule has 0 saturated carbocycles. The molecule has 0 fully saturated rings. The van der Waals surface area contributed by atoms with E-state index in [0.717, 1.165) is 11.1 Å². The zero-order chi connectivity index (χ0) is 24.4. The first-order chi connectivity index (χ1) is 17.1. The van der Waals surface area contributed by atoms with Crippen molar-refractivity contribution in [3.05, 3.63) is 100 Å². The Kier molecular flexibility index (Phi) is 6.37. The minimum atomic E-state index is -0.638. The van der Waals surface area contributed by atoms with E-state index < -0.39 is 6.17 Å². The largest absolute Gasteiger partial charge is 0.489 e. The van der Waals surface area contributed by atoms with E-state index in [9.17, 15) is 9.59 Å². The molecule has 0 radical (unpaired) electrons. The SMILES string of the molecule is CCC(=O)N1c2ccccc2-c2c(=O)[nH]c(SC)n[n+]2C1c1cccc(OCc2ccccc2)c1. The summed E-state index contributed by atoms with van der Waals surface area (Å²) in [6.45, 7) is 2.26. The van der Waals surface area contributed by atoms with Gasteiger partial charge in [0.05, 0.1) is 11.3 Å². The van der Waals surface area contributed by atoms with Crippen molar-refractivity contribution in [3.63, 3.8) is 0 Å². The maximum atomic E-state index is 13.3. The molecule has 5 rings (SSSR count). The van der Waals surface area contributed by atoms with E-state index in [0.29, 0.717) is 40.9 Å². The second-order valence-corrected chi connectivity index (χ2v) is 8.91. The van der Waals surface area contributed by atoms with E-state index >= 15 is 0 Å². The Bertz CT molecular complexity index is 1440. The molecule has 4 aromatic rings. The van der Waals surface area contributed by atoms with E-state index in [-0.39, 0.29) is 11.5 Å². The Morgan fingerprint density at radius 2 is 1.86 bits per heavy atom. The number of nitrogens with one attached hydrogen (secondary N) is 1. The van der Waals surface area contributed by atoms with E-state index in [1.165, 1.54) is 11.8 Å². The Hall–Kier alpha value is -3.91. The van der Waals surface area contributed by atoms with E-state index in [1.54, 1.807) is 9.58 Å². The molecule has 176 valence electrons. The number of H-pyrrole nitrogens is 1. The first-order valence-corrected chi connectivity index (χ1v) is 12.6. The number of aromatic amines is 1. The van der Waals surface area contributed by atoms with E-state index in [4.69, 9.17) is 9.84 Å². The predicted molar refractivity (Wildman–Crippen MR) is 135 cm³/mol. The van der Waals surface area contributed by atoms with E-state index in [1.807, 2.05) is 92.0 Å². The minimum absolute atomic E-state index is 0.0657. The monoisotopic (exact) mass is 485 g/mol. The van der Waals surface area contributed by atoms with Crippen LogP contribution in [0.3, 0.4) is 0 Å². The van der Waals surface area contributed by atoms with Gasteiger partial charge in [0.25, 0.3) is 6.17 Å². The van der Waals surface area contributed by atoms with Crippen LogP contribution in [0, 0.1) is 0 Å². The standard InChI is InChI=1S/C27H24N4O3S/c1-3-23(32)30-22-15-8-7-14-21(22)24-25(33)28-27(35-2)29-31(24)26(30)19-12-9-13-20(16-19)34-17-18-10-5-4-6-11-18/h4-16,26H,3,17H2,1-2H3/p+1. The van der Waals surface area contributed by atoms with Gasteiger partial charge in [-0.05, 0) is 46.8 Å². The molecule has 0 bridgehead atoms. The maximum absolute atomic E-state index is 13.3. The van der Waals surface area contributed by atoms with Crippen molar-refractivity contribution in [2.75, 3.05) is 11.2 Å². The van der Waals surface area contributed by atoms with Crippen LogP contribution in [0.15, 0.2) is 88.8 Å². The van der Waals surface area contributed by atoms with Crippen molar-refractivity contribution in [1.29, 1.82) is 0 Å². The highest BCUT2D eigenvalue weighted by molar-refractivity contribution is 7.98. The molecule has 1 aromatic heterocycles. The van der Waals surface area contributed by atoms with Gasteiger partial charge >= 0.3 is 11.3 Å². The van der Waals surface area contributed by atoms with Crippen LogP contribution in [0.1, 0.15) is 30.6 Å². The van der Waals surface area contributed by atoms with Crippen molar-refractivity contribution in [2.45, 2.75) is 31.3 Å². The van der Waals surface area contributed by atoms with Crippen LogP contribution in [0.25, 0.3) is 11.3 Å². The topological polar surface area (TPSA) is 79.2 Å². The highest BCUT2D eigenvalue weighted by Crippen LogP contribution is 2.38. The van der Waals surface area contributed by atoms with Gasteiger partial charge < -0.3 is 4.74 Å². The summed E-state index contributed by atoms with van der Waals surface area (Å²) in [5, 5.41) is 5.20. The number of amides is 1. The smallest absolute Gasteiger partial charge is 0.325 e. The first-order valence-electron chi connectivity index (χ1n) is 11.4. The molecule has 3 aromatic carbocycles. The molecular weight excluding hydrogens is 460 g/mol. The Morgan fingerprint density at radius 3 is 2.63 bits per heavy atom. The number of carbonyl (C=O) groups excluding carboxylic acids is 1. The van der Waals surface area contributed by atoms with Gasteiger partial charge in [-0.1, -0.05) is 67.2 Å². The zero-order valence-corrected chi connectivity index (χ0v) is 20.3. The van der Waals surface area contributed by atoms with Gasteiger partial charge in [0.2, 0.25) is 11.1 Å². The minimum Gasteiger partial charge on any atom is -0.489 e. The number of para-hydroxylation sites is 1. The molecule has 1 N–H and O–H groups in total. The molecule has 1 unspecified atom stereocenters. The summed E-state index contributed by atoms with van der Waals surface area (Å²) in [6, 6.07) is 25.0. The summed E-state index contributed by atoms with van der Waals surface area (Å²) in [7, 11) is 0. The fraction of sp³-hybridized carbons (Fsp3) is 0.185. The number of rotatable bonds is 6. The Labute approximate surface area is 207 Å². The molecule has 7 nitrogen and oxygen atoms in total. The molecule has 1 aliphatic heterocycles. The fourth-order valence-corrected chi connectivity index (χ4v) is 4.67. The normalized spacial score (nSPS) is 14.2. The van der Waals surface area contributed by atoms with Crippen molar-refractivity contribution >= 4 is 23.4 Å². The summed E-state index contributed by atoms with van der Waals surface area (Å²) >= 11 is 1.34. The van der Waals surface area contributed by atoms with Crippen molar-refractivity contribution in [3.8, 4) is 17.0 Å². The Morgan fingerprint density at radius 1 is 1.09 bits per heavy atom. The quantitative estimate of drug-likeness (QED) is 0.325. The maximum Gasteiger partial charge on any atom is 0.325 e. The second-order valence-electron chi connectivity index (χ2n) is 8.11. The van der Waals surface area contributed by atoms with Crippen molar-refractivity contribution in [2.24, 2.45) is 0 Å². The van der Waals surface area contributed by atoms with Crippen LogP contribution < -0.4 is 19.9 Å². The summed E-state index contributed by atoms with van der Waals surface area (Å²) in [6.07, 6.45) is 1.52. The van der Waals surface area contributed by atoms with E-state index in [2.05, 4.69) is 4.98 Å². The van der Waals surface area contributed by atoms with Gasteiger partial charge in [0, 0.05) is 17.1 Å². The van der Waals surface area contributed by atoms with Crippen LogP contribution in [-0.2, 0) is 11.4 Å². The summed E-state index contributed by atoms with van der Waals surface area (Å²) in [5.41, 5.74) is 3.38. The molecule has 2 heterocycles.